The van der Waals surface area contributed by atoms with Crippen LogP contribution in [0.1, 0.15) is 39.5 Å². The maximum Gasteiger partial charge on any atom is 0.227 e. The van der Waals surface area contributed by atoms with Gasteiger partial charge in [0.25, 0.3) is 0 Å². The van der Waals surface area contributed by atoms with Gasteiger partial charge in [0.2, 0.25) is 5.91 Å². The van der Waals surface area contributed by atoms with Gasteiger partial charge in [-0.15, -0.1) is 11.3 Å². The largest absolute Gasteiger partial charge is 0.302 e. The Morgan fingerprint density at radius 2 is 1.50 bits per heavy atom. The van der Waals surface area contributed by atoms with E-state index < -0.39 is 0 Å². The van der Waals surface area contributed by atoms with Gasteiger partial charge in [-0.2, -0.15) is 0 Å². The predicted octanol–water partition coefficient (Wildman–Crippen LogP) is 6.20. The molecule has 4 aromatic rings. The Bertz CT molecular complexity index is 1050. The van der Waals surface area contributed by atoms with E-state index >= 15 is 0 Å². The number of carbonyl (C=O) groups excluding carboxylic acids is 1. The average molecular weight is 413 g/mol. The zero-order chi connectivity index (χ0) is 20.8. The first-order valence-corrected chi connectivity index (χ1v) is 10.9. The molecule has 4 heteroatoms. The van der Waals surface area contributed by atoms with Crippen LogP contribution in [-0.2, 0) is 11.2 Å². The van der Waals surface area contributed by atoms with Gasteiger partial charge in [0.1, 0.15) is 0 Å². The molecule has 0 radical (unpaired) electrons. The van der Waals surface area contributed by atoms with Crippen LogP contribution in [0, 0.1) is 6.92 Å². The van der Waals surface area contributed by atoms with Crippen molar-refractivity contribution in [1.82, 2.24) is 4.98 Å². The molecule has 4 rings (SSSR count). The summed E-state index contributed by atoms with van der Waals surface area (Å²) in [5.41, 5.74) is 4.77. The molecule has 1 aromatic heterocycles. The van der Waals surface area contributed by atoms with E-state index in [0.717, 1.165) is 22.4 Å². The molecule has 0 aliphatic rings. The Balaban J connectivity index is 1.44. The van der Waals surface area contributed by atoms with Crippen LogP contribution in [0.4, 0.5) is 5.13 Å². The van der Waals surface area contributed by atoms with Crippen LogP contribution in [0.25, 0.3) is 0 Å². The van der Waals surface area contributed by atoms with Gasteiger partial charge >= 0.3 is 0 Å². The molecule has 150 valence electrons. The smallest absolute Gasteiger partial charge is 0.227 e. The number of rotatable bonds is 7. The first kappa shape index (κ1) is 20.0. The van der Waals surface area contributed by atoms with Crippen molar-refractivity contribution in [3.63, 3.8) is 0 Å². The zero-order valence-electron chi connectivity index (χ0n) is 16.9. The topological polar surface area (TPSA) is 42.0 Å². The third kappa shape index (κ3) is 5.22. The van der Waals surface area contributed by atoms with Crippen LogP contribution >= 0.6 is 11.3 Å². The van der Waals surface area contributed by atoms with Crippen molar-refractivity contribution in [2.24, 2.45) is 0 Å². The van der Waals surface area contributed by atoms with Gasteiger partial charge in [-0.05, 0) is 23.6 Å². The van der Waals surface area contributed by atoms with Crippen LogP contribution in [-0.4, -0.2) is 10.9 Å². The van der Waals surface area contributed by atoms with Crippen molar-refractivity contribution in [2.75, 3.05) is 5.32 Å². The SMILES string of the molecule is Cc1ccc(Cc2cnc(NC(=O)CC(c3ccccc3)c3ccccc3)s2)cc1. The van der Waals surface area contributed by atoms with Gasteiger partial charge in [-0.1, -0.05) is 90.5 Å². The second-order valence-electron chi connectivity index (χ2n) is 7.42. The van der Waals surface area contributed by atoms with E-state index in [2.05, 4.69) is 65.8 Å². The van der Waals surface area contributed by atoms with E-state index in [1.54, 1.807) is 0 Å². The van der Waals surface area contributed by atoms with Crippen LogP contribution in [0.3, 0.4) is 0 Å². The molecule has 0 aliphatic carbocycles. The maximum absolute atomic E-state index is 12.8. The fraction of sp³-hybridized carbons (Fsp3) is 0.154. The Hall–Kier alpha value is -3.24. The second-order valence-corrected chi connectivity index (χ2v) is 8.54. The minimum absolute atomic E-state index is 0.0133. The Morgan fingerprint density at radius 3 is 2.10 bits per heavy atom. The summed E-state index contributed by atoms with van der Waals surface area (Å²) in [4.78, 5) is 18.4. The van der Waals surface area contributed by atoms with Gasteiger partial charge < -0.3 is 5.32 Å². The first-order valence-electron chi connectivity index (χ1n) is 10.1. The first-order chi connectivity index (χ1) is 14.7. The number of hydrogen-bond donors (Lipinski definition) is 1. The van der Waals surface area contributed by atoms with Crippen LogP contribution in [0.15, 0.2) is 91.1 Å². The molecular formula is C26H24N2OS. The summed E-state index contributed by atoms with van der Waals surface area (Å²) in [6.07, 6.45) is 3.05. The van der Waals surface area contributed by atoms with E-state index in [1.165, 1.54) is 22.5 Å². The summed E-state index contributed by atoms with van der Waals surface area (Å²) < 4.78 is 0. The lowest BCUT2D eigenvalue weighted by atomic mass is 9.88. The molecule has 0 saturated carbocycles. The van der Waals surface area contributed by atoms with Gasteiger partial charge in [0.05, 0.1) is 0 Å². The summed E-state index contributed by atoms with van der Waals surface area (Å²) in [6.45, 7) is 2.09. The van der Waals surface area contributed by atoms with E-state index in [1.807, 2.05) is 42.6 Å². The number of aryl methyl sites for hydroxylation is 1. The molecule has 0 aliphatic heterocycles. The Kier molecular flexibility index (Phi) is 6.35. The quantitative estimate of drug-likeness (QED) is 0.392. The third-order valence-electron chi connectivity index (χ3n) is 5.09. The molecule has 0 atom stereocenters. The van der Waals surface area contributed by atoms with E-state index in [0.29, 0.717) is 11.6 Å². The van der Waals surface area contributed by atoms with Crippen molar-refractivity contribution < 1.29 is 4.79 Å². The maximum atomic E-state index is 12.8. The molecule has 30 heavy (non-hydrogen) atoms. The number of anilines is 1. The molecule has 1 amide bonds. The predicted molar refractivity (Wildman–Crippen MR) is 124 cm³/mol. The second kappa shape index (κ2) is 9.51. The van der Waals surface area contributed by atoms with E-state index in [-0.39, 0.29) is 11.8 Å². The molecule has 1 N–H and O–H groups in total. The van der Waals surface area contributed by atoms with Gasteiger partial charge in [-0.3, -0.25) is 4.79 Å². The van der Waals surface area contributed by atoms with E-state index in [4.69, 9.17) is 0 Å². The van der Waals surface area contributed by atoms with Gasteiger partial charge in [0.15, 0.2) is 5.13 Å². The monoisotopic (exact) mass is 412 g/mol. The molecule has 1 heterocycles. The minimum Gasteiger partial charge on any atom is -0.302 e. The lowest BCUT2D eigenvalue weighted by molar-refractivity contribution is -0.116. The number of carbonyl (C=O) groups is 1. The minimum atomic E-state index is -0.0241. The molecule has 0 saturated heterocycles. The molecule has 0 bridgehead atoms. The lowest BCUT2D eigenvalue weighted by Crippen LogP contribution is -2.16. The highest BCUT2D eigenvalue weighted by atomic mass is 32.1. The number of nitrogens with zero attached hydrogens (tertiary/aromatic N) is 1. The number of thiazole rings is 1. The van der Waals surface area contributed by atoms with Gasteiger partial charge in [0, 0.05) is 29.8 Å². The normalized spacial score (nSPS) is 10.9. The summed E-state index contributed by atoms with van der Waals surface area (Å²) in [7, 11) is 0. The number of amides is 1. The molecule has 3 aromatic carbocycles. The third-order valence-corrected chi connectivity index (χ3v) is 6.01. The van der Waals surface area contributed by atoms with Crippen molar-refractivity contribution in [3.8, 4) is 0 Å². The molecule has 0 spiro atoms. The average Bonchev–Trinajstić information content (AvgIpc) is 3.21. The summed E-state index contributed by atoms with van der Waals surface area (Å²) in [6, 6.07) is 28.9. The zero-order valence-corrected chi connectivity index (χ0v) is 17.7. The van der Waals surface area contributed by atoms with Crippen LogP contribution in [0.2, 0.25) is 0 Å². The fourth-order valence-corrected chi connectivity index (χ4v) is 4.37. The van der Waals surface area contributed by atoms with Crippen LogP contribution < -0.4 is 5.32 Å². The molecule has 0 fully saturated rings. The van der Waals surface area contributed by atoms with Crippen LogP contribution in [0.5, 0.6) is 0 Å². The highest BCUT2D eigenvalue weighted by Crippen LogP contribution is 2.29. The number of nitrogens with one attached hydrogen (secondary N) is 1. The lowest BCUT2D eigenvalue weighted by Gasteiger charge is -2.17. The summed E-state index contributed by atoms with van der Waals surface area (Å²) in [5, 5.41) is 3.65. The number of hydrogen-bond acceptors (Lipinski definition) is 3. The summed E-state index contributed by atoms with van der Waals surface area (Å²) in [5.74, 6) is -0.0108. The standard InChI is InChI=1S/C26H24N2OS/c1-19-12-14-20(15-13-19)16-23-18-27-26(30-23)28-25(29)17-24(21-8-4-2-5-9-21)22-10-6-3-7-11-22/h2-15,18,24H,16-17H2,1H3,(H,27,28,29). The Morgan fingerprint density at radius 1 is 0.900 bits per heavy atom. The van der Waals surface area contributed by atoms with Crippen molar-refractivity contribution in [1.29, 1.82) is 0 Å². The number of aromatic nitrogens is 1. The van der Waals surface area contributed by atoms with Crippen molar-refractivity contribution >= 4 is 22.4 Å². The van der Waals surface area contributed by atoms with E-state index in [9.17, 15) is 4.79 Å². The molecular weight excluding hydrogens is 388 g/mol. The molecule has 0 unspecified atom stereocenters. The highest BCUT2D eigenvalue weighted by molar-refractivity contribution is 7.15. The Labute approximate surface area is 181 Å². The molecule has 3 nitrogen and oxygen atoms in total. The fourth-order valence-electron chi connectivity index (χ4n) is 3.51. The summed E-state index contributed by atoms with van der Waals surface area (Å²) >= 11 is 1.54. The van der Waals surface area contributed by atoms with Gasteiger partial charge in [-0.25, -0.2) is 4.98 Å². The number of benzene rings is 3. The van der Waals surface area contributed by atoms with Crippen molar-refractivity contribution in [2.45, 2.75) is 25.7 Å². The highest BCUT2D eigenvalue weighted by Gasteiger charge is 2.19. The van der Waals surface area contributed by atoms with Crippen molar-refractivity contribution in [3.05, 3.63) is 118 Å².